The van der Waals surface area contributed by atoms with Gasteiger partial charge in [-0.25, -0.2) is 0 Å². The number of nitrogens with two attached hydrogens (primary N) is 3. The van der Waals surface area contributed by atoms with E-state index in [1.807, 2.05) is 0 Å². The summed E-state index contributed by atoms with van der Waals surface area (Å²) in [5.41, 5.74) is 13.2. The van der Waals surface area contributed by atoms with Crippen LogP contribution in [0.1, 0.15) is 7.43 Å². The maximum atomic E-state index is 7.35. The van der Waals surface area contributed by atoms with Gasteiger partial charge in [0.15, 0.2) is 0 Å². The van der Waals surface area contributed by atoms with Gasteiger partial charge in [0.1, 0.15) is 0 Å². The Balaban J connectivity index is -0.0000000257. The molecule has 6 nitrogen and oxygen atoms in total. The standard InChI is InChI=1S/3CH5NO.CH4/c3*2-1-3;/h3*3H,1-2H2;1H4. The van der Waals surface area contributed by atoms with E-state index in [1.165, 1.54) is 0 Å². The van der Waals surface area contributed by atoms with Crippen LogP contribution < -0.4 is 17.2 Å². The molecule has 9 N–H and O–H groups in total. The molecule has 0 saturated heterocycles. The average molecular weight is 157 g/mol. The minimum absolute atomic E-state index is 0. The molecule has 68 valence electrons. The van der Waals surface area contributed by atoms with E-state index in [0.717, 1.165) is 0 Å². The van der Waals surface area contributed by atoms with E-state index in [-0.39, 0.29) is 27.6 Å². The normalized spacial score (nSPS) is 5.40. The second kappa shape index (κ2) is 69.2. The quantitative estimate of drug-likeness (QED) is 0.212. The summed E-state index contributed by atoms with van der Waals surface area (Å²) in [7, 11) is 0. The number of hydrogen-bond acceptors (Lipinski definition) is 6. The second-order valence-corrected chi connectivity index (χ2v) is 0.548. The Hall–Kier alpha value is -0.240. The van der Waals surface area contributed by atoms with Gasteiger partial charge in [-0.15, -0.1) is 0 Å². The Morgan fingerprint density at radius 3 is 0.700 bits per heavy atom. The molecule has 0 rings (SSSR count). The summed E-state index contributed by atoms with van der Waals surface area (Å²) in [5, 5.41) is 22.0. The Morgan fingerprint density at radius 1 is 0.700 bits per heavy atom. The molecule has 0 amide bonds. The molecule has 6 heteroatoms. The van der Waals surface area contributed by atoms with Crippen LogP contribution in [-0.4, -0.2) is 35.5 Å². The summed E-state index contributed by atoms with van der Waals surface area (Å²) in [6.45, 7) is -0.750. The molecule has 0 radical (unpaired) electrons. The lowest BCUT2D eigenvalue weighted by molar-refractivity contribution is 0.307. The van der Waals surface area contributed by atoms with E-state index in [0.29, 0.717) is 0 Å². The fourth-order valence-electron chi connectivity index (χ4n) is 0. The van der Waals surface area contributed by atoms with Crippen LogP contribution in [0.2, 0.25) is 0 Å². The fourth-order valence-corrected chi connectivity index (χ4v) is 0. The molecule has 10 heavy (non-hydrogen) atoms. The summed E-state index contributed by atoms with van der Waals surface area (Å²) in [4.78, 5) is 0. The summed E-state index contributed by atoms with van der Waals surface area (Å²) in [6.07, 6.45) is 0. The van der Waals surface area contributed by atoms with E-state index in [2.05, 4.69) is 17.2 Å². The molecule has 0 aliphatic heterocycles. The van der Waals surface area contributed by atoms with Crippen molar-refractivity contribution in [2.45, 2.75) is 7.43 Å². The molecule has 0 fully saturated rings. The van der Waals surface area contributed by atoms with Crippen molar-refractivity contribution in [3.05, 3.63) is 0 Å². The van der Waals surface area contributed by atoms with E-state index in [9.17, 15) is 0 Å². The Bertz CT molecular complexity index is 20.5. The van der Waals surface area contributed by atoms with Gasteiger partial charge in [-0.05, 0) is 0 Å². The van der Waals surface area contributed by atoms with Crippen LogP contribution in [0.3, 0.4) is 0 Å². The largest absolute Gasteiger partial charge is 0.382 e. The predicted octanol–water partition coefficient (Wildman–Crippen LogP) is -2.68. The zero-order valence-electron chi connectivity index (χ0n) is 5.20. The highest BCUT2D eigenvalue weighted by Gasteiger charge is 1.31. The second-order valence-electron chi connectivity index (χ2n) is 0.548. The third-order valence-corrected chi connectivity index (χ3v) is 0. The molecule has 0 aromatic rings. The van der Waals surface area contributed by atoms with Crippen molar-refractivity contribution < 1.29 is 15.3 Å². The first kappa shape index (κ1) is 22.6. The van der Waals surface area contributed by atoms with Crippen LogP contribution in [0.25, 0.3) is 0 Å². The third kappa shape index (κ3) is 6160. The van der Waals surface area contributed by atoms with Gasteiger partial charge in [0.05, 0.1) is 20.2 Å². The molecule has 0 aromatic carbocycles. The lowest BCUT2D eigenvalue weighted by Crippen LogP contribution is -1.92. The molecule has 0 heterocycles. The summed E-state index contributed by atoms with van der Waals surface area (Å²) in [6, 6.07) is 0. The Morgan fingerprint density at radius 2 is 0.700 bits per heavy atom. The van der Waals surface area contributed by atoms with Gasteiger partial charge in [0, 0.05) is 0 Å². The molecular formula is C4H19N3O3. The highest BCUT2D eigenvalue weighted by Crippen LogP contribution is 1.04. The maximum Gasteiger partial charge on any atom is 0.0906 e. The van der Waals surface area contributed by atoms with Crippen LogP contribution in [0.5, 0.6) is 0 Å². The van der Waals surface area contributed by atoms with Crippen LogP contribution in [0.15, 0.2) is 0 Å². The first-order valence-electron chi connectivity index (χ1n) is 2.17. The van der Waals surface area contributed by atoms with Crippen molar-refractivity contribution in [3.63, 3.8) is 0 Å². The molecule has 0 atom stereocenters. The topological polar surface area (TPSA) is 139 Å². The number of hydrogen-bond donors (Lipinski definition) is 6. The van der Waals surface area contributed by atoms with Crippen molar-refractivity contribution in [3.8, 4) is 0 Å². The van der Waals surface area contributed by atoms with Gasteiger partial charge >= 0.3 is 0 Å². The predicted molar refractivity (Wildman–Crippen MR) is 40.6 cm³/mol. The molecule has 0 saturated carbocycles. The maximum absolute atomic E-state index is 7.35. The molecule has 0 spiro atoms. The number of aliphatic hydroxyl groups excluding tert-OH is 3. The summed E-state index contributed by atoms with van der Waals surface area (Å²) >= 11 is 0. The lowest BCUT2D eigenvalue weighted by atomic mass is 11.4. The third-order valence-electron chi connectivity index (χ3n) is 0. The van der Waals surface area contributed by atoms with Crippen LogP contribution >= 0.6 is 0 Å². The molecule has 0 unspecified atom stereocenters. The first-order chi connectivity index (χ1) is 4.24. The van der Waals surface area contributed by atoms with E-state index >= 15 is 0 Å². The smallest absolute Gasteiger partial charge is 0.0906 e. The van der Waals surface area contributed by atoms with Crippen molar-refractivity contribution in [2.24, 2.45) is 17.2 Å². The van der Waals surface area contributed by atoms with Crippen LogP contribution in [0.4, 0.5) is 0 Å². The van der Waals surface area contributed by atoms with Gasteiger partial charge in [0.2, 0.25) is 0 Å². The van der Waals surface area contributed by atoms with Crippen LogP contribution in [0, 0.1) is 0 Å². The summed E-state index contributed by atoms with van der Waals surface area (Å²) in [5.74, 6) is 0. The molecule has 0 aliphatic carbocycles. The van der Waals surface area contributed by atoms with Gasteiger partial charge < -0.3 is 32.5 Å². The van der Waals surface area contributed by atoms with Crippen molar-refractivity contribution >= 4 is 0 Å². The highest BCUT2D eigenvalue weighted by atomic mass is 16.3. The zero-order chi connectivity index (χ0) is 8.12. The van der Waals surface area contributed by atoms with Crippen molar-refractivity contribution in [1.82, 2.24) is 0 Å². The van der Waals surface area contributed by atoms with E-state index in [4.69, 9.17) is 15.3 Å². The minimum atomic E-state index is -0.250. The van der Waals surface area contributed by atoms with Gasteiger partial charge in [0.25, 0.3) is 0 Å². The SMILES string of the molecule is C.NCO.NCO.NCO. The number of rotatable bonds is 0. The zero-order valence-corrected chi connectivity index (χ0v) is 5.20. The minimum Gasteiger partial charge on any atom is -0.382 e. The van der Waals surface area contributed by atoms with E-state index in [1.54, 1.807) is 0 Å². The van der Waals surface area contributed by atoms with E-state index < -0.39 is 0 Å². The van der Waals surface area contributed by atoms with Crippen molar-refractivity contribution in [1.29, 1.82) is 0 Å². The highest BCUT2D eigenvalue weighted by molar-refractivity contribution is 3.77. The average Bonchev–Trinajstić information content (AvgIpc) is 1.70. The Kier molecular flexibility index (Phi) is 156. The van der Waals surface area contributed by atoms with Gasteiger partial charge in [-0.3, -0.25) is 0 Å². The van der Waals surface area contributed by atoms with Crippen molar-refractivity contribution in [2.75, 3.05) is 20.2 Å². The molecular weight excluding hydrogens is 138 g/mol. The van der Waals surface area contributed by atoms with Gasteiger partial charge in [-0.2, -0.15) is 0 Å². The fraction of sp³-hybridized carbons (Fsp3) is 1.00. The molecule has 0 bridgehead atoms. The number of aliphatic hydroxyl groups is 3. The Labute approximate surface area is 61.3 Å². The van der Waals surface area contributed by atoms with Crippen LogP contribution in [-0.2, 0) is 0 Å². The van der Waals surface area contributed by atoms with Gasteiger partial charge in [-0.1, -0.05) is 7.43 Å². The lowest BCUT2D eigenvalue weighted by Gasteiger charge is -1.56. The monoisotopic (exact) mass is 157 g/mol. The molecule has 0 aromatic heterocycles. The molecule has 0 aliphatic rings. The summed E-state index contributed by atoms with van der Waals surface area (Å²) < 4.78 is 0. The first-order valence-corrected chi connectivity index (χ1v) is 2.17.